The van der Waals surface area contributed by atoms with Crippen LogP contribution >= 0.6 is 0 Å². The summed E-state index contributed by atoms with van der Waals surface area (Å²) in [5.74, 6) is 1.46. The predicted octanol–water partition coefficient (Wildman–Crippen LogP) is 4.68. The molecule has 1 amide bonds. The SMILES string of the molecule is CCCNC(=O)c1cncc(-c2ccc(Oc3ccccc3)cc2)c1. The molecule has 4 heteroatoms. The summed E-state index contributed by atoms with van der Waals surface area (Å²) in [4.78, 5) is 16.3. The Bertz CT molecular complexity index is 830. The van der Waals surface area contributed by atoms with Crippen molar-refractivity contribution in [3.8, 4) is 22.6 Å². The second-order valence-electron chi connectivity index (χ2n) is 5.66. The van der Waals surface area contributed by atoms with Crippen molar-refractivity contribution >= 4 is 5.91 Å². The lowest BCUT2D eigenvalue weighted by atomic mass is 10.1. The van der Waals surface area contributed by atoms with Crippen molar-refractivity contribution in [2.24, 2.45) is 0 Å². The molecule has 126 valence electrons. The molecule has 0 atom stereocenters. The van der Waals surface area contributed by atoms with Gasteiger partial charge in [0.1, 0.15) is 11.5 Å². The molecule has 0 aliphatic heterocycles. The highest BCUT2D eigenvalue weighted by atomic mass is 16.5. The smallest absolute Gasteiger partial charge is 0.252 e. The third-order valence-electron chi connectivity index (χ3n) is 3.70. The lowest BCUT2D eigenvalue weighted by Crippen LogP contribution is -2.24. The molecule has 0 aliphatic carbocycles. The Hall–Kier alpha value is -3.14. The first-order valence-electron chi connectivity index (χ1n) is 8.33. The van der Waals surface area contributed by atoms with Gasteiger partial charge in [-0.2, -0.15) is 0 Å². The average molecular weight is 332 g/mol. The Kier molecular flexibility index (Phi) is 5.42. The van der Waals surface area contributed by atoms with Crippen molar-refractivity contribution in [2.75, 3.05) is 6.54 Å². The van der Waals surface area contributed by atoms with Gasteiger partial charge in [-0.15, -0.1) is 0 Å². The fourth-order valence-electron chi connectivity index (χ4n) is 2.40. The van der Waals surface area contributed by atoms with Gasteiger partial charge in [-0.25, -0.2) is 0 Å². The zero-order valence-corrected chi connectivity index (χ0v) is 14.1. The van der Waals surface area contributed by atoms with Crippen LogP contribution in [0.5, 0.6) is 11.5 Å². The average Bonchev–Trinajstić information content (AvgIpc) is 2.67. The zero-order chi connectivity index (χ0) is 17.5. The lowest BCUT2D eigenvalue weighted by molar-refractivity contribution is 0.0953. The number of carbonyl (C=O) groups is 1. The quantitative estimate of drug-likeness (QED) is 0.713. The van der Waals surface area contributed by atoms with Crippen LogP contribution in [0.15, 0.2) is 73.1 Å². The van der Waals surface area contributed by atoms with Gasteiger partial charge in [-0.3, -0.25) is 9.78 Å². The van der Waals surface area contributed by atoms with E-state index in [1.54, 1.807) is 12.4 Å². The molecular weight excluding hydrogens is 312 g/mol. The molecule has 0 radical (unpaired) electrons. The second-order valence-corrected chi connectivity index (χ2v) is 5.66. The van der Waals surface area contributed by atoms with Gasteiger partial charge in [0.15, 0.2) is 0 Å². The van der Waals surface area contributed by atoms with Crippen molar-refractivity contribution in [2.45, 2.75) is 13.3 Å². The van der Waals surface area contributed by atoms with Crippen LogP contribution in [-0.2, 0) is 0 Å². The number of benzene rings is 2. The van der Waals surface area contributed by atoms with Crippen LogP contribution in [0.1, 0.15) is 23.7 Å². The number of ether oxygens (including phenoxy) is 1. The first-order valence-corrected chi connectivity index (χ1v) is 8.33. The van der Waals surface area contributed by atoms with Gasteiger partial charge in [0.25, 0.3) is 5.91 Å². The van der Waals surface area contributed by atoms with Crippen LogP contribution in [0.3, 0.4) is 0 Å². The molecular formula is C21H20N2O2. The molecule has 3 aromatic rings. The molecule has 3 rings (SSSR count). The van der Waals surface area contributed by atoms with Gasteiger partial charge < -0.3 is 10.1 Å². The summed E-state index contributed by atoms with van der Waals surface area (Å²) in [5.41, 5.74) is 2.45. The summed E-state index contributed by atoms with van der Waals surface area (Å²) in [6, 6.07) is 19.2. The molecule has 1 heterocycles. The Morgan fingerprint density at radius 2 is 1.68 bits per heavy atom. The number of aromatic nitrogens is 1. The van der Waals surface area contributed by atoms with E-state index in [1.807, 2.05) is 67.6 Å². The van der Waals surface area contributed by atoms with E-state index in [4.69, 9.17) is 4.74 Å². The van der Waals surface area contributed by atoms with E-state index < -0.39 is 0 Å². The van der Waals surface area contributed by atoms with E-state index in [2.05, 4.69) is 10.3 Å². The van der Waals surface area contributed by atoms with E-state index >= 15 is 0 Å². The molecule has 0 unspecified atom stereocenters. The molecule has 0 fully saturated rings. The van der Waals surface area contributed by atoms with E-state index in [1.165, 1.54) is 0 Å². The molecule has 0 spiro atoms. The van der Waals surface area contributed by atoms with Crippen LogP contribution in [0.2, 0.25) is 0 Å². The molecule has 25 heavy (non-hydrogen) atoms. The number of hydrogen-bond donors (Lipinski definition) is 1. The van der Waals surface area contributed by atoms with Crippen LogP contribution in [-0.4, -0.2) is 17.4 Å². The fraction of sp³-hybridized carbons (Fsp3) is 0.143. The van der Waals surface area contributed by atoms with Crippen molar-refractivity contribution in [1.29, 1.82) is 0 Å². The number of hydrogen-bond acceptors (Lipinski definition) is 3. The van der Waals surface area contributed by atoms with Gasteiger partial charge in [-0.05, 0) is 42.3 Å². The number of rotatable bonds is 6. The third kappa shape index (κ3) is 4.44. The van der Waals surface area contributed by atoms with Crippen molar-refractivity contribution in [1.82, 2.24) is 10.3 Å². The minimum Gasteiger partial charge on any atom is -0.457 e. The molecule has 1 aromatic heterocycles. The summed E-state index contributed by atoms with van der Waals surface area (Å²) in [6.07, 6.45) is 4.24. The van der Waals surface area contributed by atoms with E-state index in [-0.39, 0.29) is 5.91 Å². The molecule has 4 nitrogen and oxygen atoms in total. The molecule has 2 aromatic carbocycles. The summed E-state index contributed by atoms with van der Waals surface area (Å²) in [5, 5.41) is 2.86. The molecule has 0 saturated heterocycles. The van der Waals surface area contributed by atoms with Gasteiger partial charge in [-0.1, -0.05) is 37.3 Å². The summed E-state index contributed by atoms with van der Waals surface area (Å²) >= 11 is 0. The summed E-state index contributed by atoms with van der Waals surface area (Å²) in [7, 11) is 0. The predicted molar refractivity (Wildman–Crippen MR) is 98.8 cm³/mol. The fourth-order valence-corrected chi connectivity index (χ4v) is 2.40. The molecule has 1 N–H and O–H groups in total. The summed E-state index contributed by atoms with van der Waals surface area (Å²) in [6.45, 7) is 2.68. The normalized spacial score (nSPS) is 10.3. The summed E-state index contributed by atoms with van der Waals surface area (Å²) < 4.78 is 5.80. The number of amides is 1. The third-order valence-corrected chi connectivity index (χ3v) is 3.70. The van der Waals surface area contributed by atoms with E-state index in [0.29, 0.717) is 12.1 Å². The number of carbonyl (C=O) groups excluding carboxylic acids is 1. The van der Waals surface area contributed by atoms with Crippen LogP contribution in [0.25, 0.3) is 11.1 Å². The maximum absolute atomic E-state index is 12.1. The Morgan fingerprint density at radius 3 is 2.40 bits per heavy atom. The Morgan fingerprint density at radius 1 is 0.960 bits per heavy atom. The van der Waals surface area contributed by atoms with Gasteiger partial charge >= 0.3 is 0 Å². The zero-order valence-electron chi connectivity index (χ0n) is 14.1. The minimum absolute atomic E-state index is 0.0970. The number of nitrogens with one attached hydrogen (secondary N) is 1. The van der Waals surface area contributed by atoms with E-state index in [9.17, 15) is 4.79 Å². The van der Waals surface area contributed by atoms with Gasteiger partial charge in [0.05, 0.1) is 5.56 Å². The second kappa shape index (κ2) is 8.11. The monoisotopic (exact) mass is 332 g/mol. The van der Waals surface area contributed by atoms with E-state index in [0.717, 1.165) is 29.0 Å². The lowest BCUT2D eigenvalue weighted by Gasteiger charge is -2.08. The van der Waals surface area contributed by atoms with Crippen molar-refractivity contribution in [3.63, 3.8) is 0 Å². The van der Waals surface area contributed by atoms with Crippen LogP contribution in [0.4, 0.5) is 0 Å². The van der Waals surface area contributed by atoms with Crippen molar-refractivity contribution < 1.29 is 9.53 Å². The topological polar surface area (TPSA) is 51.2 Å². The van der Waals surface area contributed by atoms with Crippen molar-refractivity contribution in [3.05, 3.63) is 78.6 Å². The molecule has 0 bridgehead atoms. The molecule has 0 saturated carbocycles. The van der Waals surface area contributed by atoms with Gasteiger partial charge in [0.2, 0.25) is 0 Å². The number of pyridine rings is 1. The highest BCUT2D eigenvalue weighted by molar-refractivity contribution is 5.95. The highest BCUT2D eigenvalue weighted by Crippen LogP contribution is 2.25. The molecule has 0 aliphatic rings. The minimum atomic E-state index is -0.0970. The first-order chi connectivity index (χ1) is 12.3. The standard InChI is InChI=1S/C21H20N2O2/c1-2-12-23-21(24)18-13-17(14-22-15-18)16-8-10-20(11-9-16)25-19-6-4-3-5-7-19/h3-11,13-15H,2,12H2,1H3,(H,23,24). The first kappa shape index (κ1) is 16.7. The number of para-hydroxylation sites is 1. The maximum Gasteiger partial charge on any atom is 0.252 e. The largest absolute Gasteiger partial charge is 0.457 e. The number of nitrogens with zero attached hydrogens (tertiary/aromatic N) is 1. The Balaban J connectivity index is 1.75. The highest BCUT2D eigenvalue weighted by Gasteiger charge is 2.07. The Labute approximate surface area is 147 Å². The van der Waals surface area contributed by atoms with Crippen LogP contribution in [0, 0.1) is 0 Å². The maximum atomic E-state index is 12.1. The van der Waals surface area contributed by atoms with Gasteiger partial charge in [0, 0.05) is 24.5 Å². The van der Waals surface area contributed by atoms with Crippen LogP contribution < -0.4 is 10.1 Å².